The lowest BCUT2D eigenvalue weighted by Crippen LogP contribution is -2.15. The molecule has 4 aromatic rings. The van der Waals surface area contributed by atoms with Gasteiger partial charge in [0.05, 0.1) is 25.2 Å². The Morgan fingerprint density at radius 2 is 1.70 bits per heavy atom. The van der Waals surface area contributed by atoms with Crippen LogP contribution in [0.2, 0.25) is 0 Å². The zero-order chi connectivity index (χ0) is 23.0. The molecule has 0 saturated heterocycles. The van der Waals surface area contributed by atoms with Gasteiger partial charge in [0, 0.05) is 11.3 Å². The van der Waals surface area contributed by atoms with Crippen molar-refractivity contribution in [3.63, 3.8) is 0 Å². The summed E-state index contributed by atoms with van der Waals surface area (Å²) < 4.78 is 12.8. The van der Waals surface area contributed by atoms with Crippen molar-refractivity contribution in [3.8, 4) is 28.6 Å². The number of anilines is 1. The summed E-state index contributed by atoms with van der Waals surface area (Å²) in [5.74, 6) is 2.12. The van der Waals surface area contributed by atoms with E-state index < -0.39 is 0 Å². The Kier molecular flexibility index (Phi) is 7.26. The molecule has 1 amide bonds. The fourth-order valence-electron chi connectivity index (χ4n) is 3.27. The lowest BCUT2D eigenvalue weighted by atomic mass is 10.2. The molecule has 4 rings (SSSR count). The second kappa shape index (κ2) is 10.7. The van der Waals surface area contributed by atoms with Gasteiger partial charge in [-0.05, 0) is 43.3 Å². The quantitative estimate of drug-likeness (QED) is 0.351. The van der Waals surface area contributed by atoms with Crippen LogP contribution in [0.25, 0.3) is 17.1 Å². The monoisotopic (exact) mass is 460 g/mol. The summed E-state index contributed by atoms with van der Waals surface area (Å²) in [7, 11) is 1.63. The van der Waals surface area contributed by atoms with E-state index in [1.54, 1.807) is 7.11 Å². The largest absolute Gasteiger partial charge is 0.497 e. The van der Waals surface area contributed by atoms with E-state index in [0.29, 0.717) is 29.0 Å². The van der Waals surface area contributed by atoms with Crippen LogP contribution in [0.1, 0.15) is 6.92 Å². The van der Waals surface area contributed by atoms with E-state index in [0.717, 1.165) is 17.0 Å². The summed E-state index contributed by atoms with van der Waals surface area (Å²) in [5, 5.41) is 12.3. The van der Waals surface area contributed by atoms with Crippen molar-refractivity contribution in [1.82, 2.24) is 14.8 Å². The maximum Gasteiger partial charge on any atom is 0.234 e. The average molecular weight is 461 g/mol. The van der Waals surface area contributed by atoms with Gasteiger partial charge in [0.15, 0.2) is 11.0 Å². The summed E-state index contributed by atoms with van der Waals surface area (Å²) in [6.45, 7) is 2.43. The highest BCUT2D eigenvalue weighted by Crippen LogP contribution is 2.29. The summed E-state index contributed by atoms with van der Waals surface area (Å²) in [6.07, 6.45) is 0. The molecule has 168 valence electrons. The number of aromatic nitrogens is 3. The number of carbonyl (C=O) groups excluding carboxylic acids is 1. The predicted molar refractivity (Wildman–Crippen MR) is 130 cm³/mol. The minimum absolute atomic E-state index is 0.155. The lowest BCUT2D eigenvalue weighted by molar-refractivity contribution is -0.113. The zero-order valence-corrected chi connectivity index (χ0v) is 19.2. The number of rotatable bonds is 9. The van der Waals surface area contributed by atoms with Gasteiger partial charge < -0.3 is 14.8 Å². The Hall–Kier alpha value is -3.78. The van der Waals surface area contributed by atoms with E-state index in [1.165, 1.54) is 11.8 Å². The van der Waals surface area contributed by atoms with E-state index in [2.05, 4.69) is 15.5 Å². The molecular formula is C25H24N4O3S. The molecule has 0 fully saturated rings. The van der Waals surface area contributed by atoms with Crippen molar-refractivity contribution in [3.05, 3.63) is 78.9 Å². The second-order valence-corrected chi connectivity index (χ2v) is 7.91. The number of methoxy groups -OCH3 is 1. The Bertz CT molecular complexity index is 1210. The number of thioether (sulfide) groups is 1. The van der Waals surface area contributed by atoms with Crippen LogP contribution in [-0.2, 0) is 4.79 Å². The first-order valence-corrected chi connectivity index (χ1v) is 11.5. The van der Waals surface area contributed by atoms with Crippen molar-refractivity contribution in [2.75, 3.05) is 24.8 Å². The molecular weight excluding hydrogens is 436 g/mol. The third-order valence-electron chi connectivity index (χ3n) is 4.79. The number of benzene rings is 3. The summed E-state index contributed by atoms with van der Waals surface area (Å²) >= 11 is 1.32. The first-order chi connectivity index (χ1) is 16.2. The number of ether oxygens (including phenoxy) is 2. The first-order valence-electron chi connectivity index (χ1n) is 10.5. The smallest absolute Gasteiger partial charge is 0.234 e. The molecule has 0 radical (unpaired) electrons. The van der Waals surface area contributed by atoms with E-state index in [4.69, 9.17) is 9.47 Å². The van der Waals surface area contributed by atoms with Gasteiger partial charge in [-0.1, -0.05) is 54.2 Å². The molecule has 0 aliphatic carbocycles. The van der Waals surface area contributed by atoms with Gasteiger partial charge in [0.1, 0.15) is 11.5 Å². The minimum Gasteiger partial charge on any atom is -0.497 e. The molecule has 1 aromatic heterocycles. The fourth-order valence-corrected chi connectivity index (χ4v) is 4.02. The van der Waals surface area contributed by atoms with Crippen LogP contribution in [0, 0.1) is 0 Å². The summed E-state index contributed by atoms with van der Waals surface area (Å²) in [5.41, 5.74) is 2.46. The van der Waals surface area contributed by atoms with Gasteiger partial charge in [-0.15, -0.1) is 10.2 Å². The van der Waals surface area contributed by atoms with Gasteiger partial charge in [-0.25, -0.2) is 0 Å². The van der Waals surface area contributed by atoms with Crippen LogP contribution in [-0.4, -0.2) is 40.1 Å². The van der Waals surface area contributed by atoms with E-state index in [-0.39, 0.29) is 11.7 Å². The molecule has 1 N–H and O–H groups in total. The van der Waals surface area contributed by atoms with E-state index >= 15 is 0 Å². The molecule has 3 aromatic carbocycles. The Balaban J connectivity index is 1.57. The minimum atomic E-state index is -0.155. The van der Waals surface area contributed by atoms with Crippen molar-refractivity contribution in [2.24, 2.45) is 0 Å². The third kappa shape index (κ3) is 5.35. The summed E-state index contributed by atoms with van der Waals surface area (Å²) in [6, 6.07) is 24.9. The topological polar surface area (TPSA) is 78.3 Å². The molecule has 7 nitrogen and oxygen atoms in total. The fraction of sp³-hybridized carbons (Fsp3) is 0.160. The zero-order valence-electron chi connectivity index (χ0n) is 18.4. The SMILES string of the molecule is CCOc1ccccc1NC(=O)CSc1nnc(-c2ccccc2)n1-c1ccc(OC)cc1. The summed E-state index contributed by atoms with van der Waals surface area (Å²) in [4.78, 5) is 12.7. The van der Waals surface area contributed by atoms with Crippen LogP contribution in [0.3, 0.4) is 0 Å². The number of nitrogens with zero attached hydrogens (tertiary/aromatic N) is 3. The molecule has 0 spiro atoms. The van der Waals surface area contributed by atoms with Gasteiger partial charge in [0.25, 0.3) is 0 Å². The number of carbonyl (C=O) groups is 1. The number of hydrogen-bond donors (Lipinski definition) is 1. The molecule has 0 saturated carbocycles. The number of nitrogens with one attached hydrogen (secondary N) is 1. The molecule has 0 bridgehead atoms. The van der Waals surface area contributed by atoms with Crippen molar-refractivity contribution in [1.29, 1.82) is 0 Å². The second-order valence-electron chi connectivity index (χ2n) is 6.97. The number of hydrogen-bond acceptors (Lipinski definition) is 6. The third-order valence-corrected chi connectivity index (χ3v) is 5.72. The Morgan fingerprint density at radius 3 is 2.42 bits per heavy atom. The molecule has 8 heteroatoms. The highest BCUT2D eigenvalue weighted by atomic mass is 32.2. The van der Waals surface area contributed by atoms with Gasteiger partial charge in [-0.3, -0.25) is 9.36 Å². The van der Waals surface area contributed by atoms with Gasteiger partial charge >= 0.3 is 0 Å². The van der Waals surface area contributed by atoms with Crippen LogP contribution in [0.5, 0.6) is 11.5 Å². The normalized spacial score (nSPS) is 10.6. The predicted octanol–water partition coefficient (Wildman–Crippen LogP) is 5.07. The highest BCUT2D eigenvalue weighted by Gasteiger charge is 2.18. The standard InChI is InChI=1S/C25H24N4O3S/c1-3-32-22-12-8-7-11-21(22)26-23(30)17-33-25-28-27-24(18-9-5-4-6-10-18)29(25)19-13-15-20(31-2)16-14-19/h4-16H,3,17H2,1-2H3,(H,26,30). The van der Waals surface area contributed by atoms with E-state index in [1.807, 2.05) is 90.4 Å². The molecule has 1 heterocycles. The Labute approximate surface area is 196 Å². The maximum absolute atomic E-state index is 12.7. The van der Waals surface area contributed by atoms with Crippen LogP contribution >= 0.6 is 11.8 Å². The number of amides is 1. The molecule has 0 aliphatic heterocycles. The van der Waals surface area contributed by atoms with Gasteiger partial charge in [0.2, 0.25) is 5.91 Å². The van der Waals surface area contributed by atoms with Crippen molar-refractivity contribution < 1.29 is 14.3 Å². The van der Waals surface area contributed by atoms with Crippen LogP contribution in [0.15, 0.2) is 84.0 Å². The Morgan fingerprint density at radius 1 is 0.970 bits per heavy atom. The van der Waals surface area contributed by atoms with Crippen LogP contribution < -0.4 is 14.8 Å². The molecule has 0 aliphatic rings. The highest BCUT2D eigenvalue weighted by molar-refractivity contribution is 7.99. The molecule has 0 unspecified atom stereocenters. The van der Waals surface area contributed by atoms with Crippen LogP contribution in [0.4, 0.5) is 5.69 Å². The molecule has 33 heavy (non-hydrogen) atoms. The van der Waals surface area contributed by atoms with E-state index in [9.17, 15) is 4.79 Å². The van der Waals surface area contributed by atoms with Crippen molar-refractivity contribution >= 4 is 23.4 Å². The number of para-hydroxylation sites is 2. The van der Waals surface area contributed by atoms with Crippen molar-refractivity contribution in [2.45, 2.75) is 12.1 Å². The molecule has 0 atom stereocenters. The lowest BCUT2D eigenvalue weighted by Gasteiger charge is -2.12. The average Bonchev–Trinajstić information content (AvgIpc) is 3.29. The van der Waals surface area contributed by atoms with Gasteiger partial charge in [-0.2, -0.15) is 0 Å². The first kappa shape index (κ1) is 22.4. The maximum atomic E-state index is 12.7.